The number of hydrogen-bond acceptors (Lipinski definition) is 1. The van der Waals surface area contributed by atoms with E-state index in [0.29, 0.717) is 0 Å². The lowest BCUT2D eigenvalue weighted by atomic mass is 9.99. The first-order valence-corrected chi connectivity index (χ1v) is 6.85. The van der Waals surface area contributed by atoms with Crippen LogP contribution in [0.1, 0.15) is 30.0 Å². The molecule has 0 atom stereocenters. The highest BCUT2D eigenvalue weighted by molar-refractivity contribution is 5.91. The highest BCUT2D eigenvalue weighted by Gasteiger charge is 2.17. The van der Waals surface area contributed by atoms with E-state index in [2.05, 4.69) is 49.3 Å². The molecule has 0 heterocycles. The first kappa shape index (κ1) is 14.3. The van der Waals surface area contributed by atoms with Crippen molar-refractivity contribution in [3.63, 3.8) is 0 Å². The lowest BCUT2D eigenvalue weighted by molar-refractivity contribution is 1.14. The number of nitrogens with zero attached hydrogens (tertiary/aromatic N) is 1. The van der Waals surface area contributed by atoms with Crippen molar-refractivity contribution < 1.29 is 0 Å². The zero-order chi connectivity index (χ0) is 14.5. The second-order valence-corrected chi connectivity index (χ2v) is 5.25. The van der Waals surface area contributed by atoms with Gasteiger partial charge in [0.15, 0.2) is 0 Å². The summed E-state index contributed by atoms with van der Waals surface area (Å²) >= 11 is 0. The molecule has 0 fully saturated rings. The highest BCUT2D eigenvalue weighted by atomic mass is 14.6. The molecule has 0 saturated carbocycles. The highest BCUT2D eigenvalue weighted by Crippen LogP contribution is 2.38. The second kappa shape index (κ2) is 6.33. The molecule has 0 spiro atoms. The number of hydrogen-bond donors (Lipinski definition) is 0. The summed E-state index contributed by atoms with van der Waals surface area (Å²) in [4.78, 5) is 3.91. The number of fused-ring (bicyclic) bond motifs is 1. The third-order valence-electron chi connectivity index (χ3n) is 3.48. The number of benzene rings is 1. The minimum atomic E-state index is 0.909. The molecule has 0 saturated heterocycles. The minimum absolute atomic E-state index is 0.909. The molecule has 1 heteroatoms. The van der Waals surface area contributed by atoms with E-state index in [1.54, 1.807) is 13.3 Å². The van der Waals surface area contributed by atoms with Crippen LogP contribution in [0, 0.1) is 0 Å². The molecule has 102 valence electrons. The fourth-order valence-corrected chi connectivity index (χ4v) is 2.49. The maximum atomic E-state index is 4.14. The topological polar surface area (TPSA) is 12.4 Å². The van der Waals surface area contributed by atoms with Crippen LogP contribution in [0.15, 0.2) is 60.2 Å². The molecule has 0 radical (unpaired) electrons. The van der Waals surface area contributed by atoms with Crippen LogP contribution in [-0.2, 0) is 6.42 Å². The van der Waals surface area contributed by atoms with Gasteiger partial charge in [-0.1, -0.05) is 49.1 Å². The summed E-state index contributed by atoms with van der Waals surface area (Å²) in [6.45, 7) is 10.4. The van der Waals surface area contributed by atoms with Crippen LogP contribution in [-0.4, -0.2) is 13.3 Å². The quantitative estimate of drug-likeness (QED) is 0.543. The Balaban J connectivity index is 2.14. The fraction of sp³-hybridized carbons (Fsp3) is 0.211. The lowest BCUT2D eigenvalue weighted by Gasteiger charge is -2.06. The summed E-state index contributed by atoms with van der Waals surface area (Å²) in [5, 5.41) is 0. The normalized spacial score (nSPS) is 15.6. The van der Waals surface area contributed by atoms with Crippen LogP contribution in [0.4, 0.5) is 0 Å². The van der Waals surface area contributed by atoms with Gasteiger partial charge in [-0.3, -0.25) is 4.99 Å². The molecule has 1 aliphatic rings. The average Bonchev–Trinajstić information content (AvgIpc) is 2.70. The number of allylic oxidation sites excluding steroid dienone is 6. The van der Waals surface area contributed by atoms with Gasteiger partial charge in [0.2, 0.25) is 0 Å². The van der Waals surface area contributed by atoms with Gasteiger partial charge in [0, 0.05) is 13.3 Å². The van der Waals surface area contributed by atoms with Gasteiger partial charge in [-0.15, -0.1) is 0 Å². The smallest absolute Gasteiger partial charge is 0.0277 e. The molecule has 0 unspecified atom stereocenters. The van der Waals surface area contributed by atoms with Crippen molar-refractivity contribution >= 4 is 17.4 Å². The number of rotatable bonds is 4. The Morgan fingerprint density at radius 1 is 1.20 bits per heavy atom. The van der Waals surface area contributed by atoms with Gasteiger partial charge in [-0.2, -0.15) is 0 Å². The summed E-state index contributed by atoms with van der Waals surface area (Å²) in [5.41, 5.74) is 7.56. The molecule has 0 aromatic heterocycles. The van der Waals surface area contributed by atoms with Crippen molar-refractivity contribution in [3.05, 3.63) is 71.8 Å². The van der Waals surface area contributed by atoms with Gasteiger partial charge in [-0.25, -0.2) is 0 Å². The summed E-state index contributed by atoms with van der Waals surface area (Å²) in [5.74, 6) is 0. The van der Waals surface area contributed by atoms with Crippen LogP contribution in [0.2, 0.25) is 0 Å². The van der Waals surface area contributed by atoms with Gasteiger partial charge < -0.3 is 0 Å². The Morgan fingerprint density at radius 2 is 1.95 bits per heavy atom. The Bertz CT molecular complexity index is 627. The van der Waals surface area contributed by atoms with Gasteiger partial charge in [0.05, 0.1) is 0 Å². The molecular formula is C19H21N. The summed E-state index contributed by atoms with van der Waals surface area (Å²) < 4.78 is 0. The van der Waals surface area contributed by atoms with Gasteiger partial charge >= 0.3 is 0 Å². The van der Waals surface area contributed by atoms with Crippen molar-refractivity contribution in [3.8, 4) is 0 Å². The predicted octanol–water partition coefficient (Wildman–Crippen LogP) is 4.86. The Kier molecular flexibility index (Phi) is 4.52. The third kappa shape index (κ3) is 3.24. The van der Waals surface area contributed by atoms with Crippen molar-refractivity contribution in [2.75, 3.05) is 7.05 Å². The van der Waals surface area contributed by atoms with Gasteiger partial charge in [0.25, 0.3) is 0 Å². The minimum Gasteiger partial charge on any atom is -0.297 e. The largest absolute Gasteiger partial charge is 0.297 e. The molecular weight excluding hydrogens is 242 g/mol. The van der Waals surface area contributed by atoms with Crippen molar-refractivity contribution in [1.82, 2.24) is 0 Å². The molecule has 1 nitrogen and oxygen atoms in total. The van der Waals surface area contributed by atoms with Crippen molar-refractivity contribution in [2.45, 2.75) is 19.8 Å². The van der Waals surface area contributed by atoms with Gasteiger partial charge in [-0.05, 0) is 53.7 Å². The molecule has 0 bridgehead atoms. The van der Waals surface area contributed by atoms with E-state index in [4.69, 9.17) is 0 Å². The standard InChI is InChI=1S/C19H21N/c1-14(7-5-6-10-20-4)11-17-8-9-18-15(2)12-16(3)19(18)13-17/h5-10,13H,2-3,11-12H2,1,4H3/b6-5-,14-7+,20-10-. The molecule has 1 aromatic carbocycles. The predicted molar refractivity (Wildman–Crippen MR) is 90.1 cm³/mol. The first-order chi connectivity index (χ1) is 9.61. The maximum Gasteiger partial charge on any atom is 0.0277 e. The SMILES string of the molecule is C=C1CC(=C)c2cc(C/C(C)=C/C=C\C=N/C)ccc21. The zero-order valence-corrected chi connectivity index (χ0v) is 12.3. The Labute approximate surface area is 121 Å². The molecule has 1 aliphatic carbocycles. The molecule has 0 amide bonds. The molecule has 0 N–H and O–H groups in total. The van der Waals surface area contributed by atoms with E-state index in [9.17, 15) is 0 Å². The monoisotopic (exact) mass is 263 g/mol. The summed E-state index contributed by atoms with van der Waals surface area (Å²) in [6.07, 6.45) is 9.75. The van der Waals surface area contributed by atoms with E-state index in [-0.39, 0.29) is 0 Å². The second-order valence-electron chi connectivity index (χ2n) is 5.25. The van der Waals surface area contributed by atoms with Gasteiger partial charge in [0.1, 0.15) is 0 Å². The summed E-state index contributed by atoms with van der Waals surface area (Å²) in [7, 11) is 1.77. The van der Waals surface area contributed by atoms with E-state index < -0.39 is 0 Å². The van der Waals surface area contributed by atoms with E-state index in [0.717, 1.165) is 12.8 Å². The summed E-state index contributed by atoms with van der Waals surface area (Å²) in [6, 6.07) is 6.62. The fourth-order valence-electron chi connectivity index (χ4n) is 2.49. The zero-order valence-electron chi connectivity index (χ0n) is 12.3. The molecule has 1 aromatic rings. The number of aliphatic imine (C=N–C) groups is 1. The van der Waals surface area contributed by atoms with Crippen molar-refractivity contribution in [2.24, 2.45) is 4.99 Å². The van der Waals surface area contributed by atoms with E-state index in [1.165, 1.54) is 33.4 Å². The van der Waals surface area contributed by atoms with E-state index >= 15 is 0 Å². The van der Waals surface area contributed by atoms with Crippen LogP contribution in [0.25, 0.3) is 11.1 Å². The van der Waals surface area contributed by atoms with Crippen LogP contribution < -0.4 is 0 Å². The van der Waals surface area contributed by atoms with Crippen molar-refractivity contribution in [1.29, 1.82) is 0 Å². The molecule has 0 aliphatic heterocycles. The molecule has 20 heavy (non-hydrogen) atoms. The maximum absolute atomic E-state index is 4.14. The average molecular weight is 263 g/mol. The van der Waals surface area contributed by atoms with Crippen LogP contribution in [0.5, 0.6) is 0 Å². The Morgan fingerprint density at radius 3 is 2.70 bits per heavy atom. The first-order valence-electron chi connectivity index (χ1n) is 6.85. The molecule has 2 rings (SSSR count). The van der Waals surface area contributed by atoms with E-state index in [1.807, 2.05) is 12.2 Å². The Hall–Kier alpha value is -2.15. The van der Waals surface area contributed by atoms with Crippen LogP contribution in [0.3, 0.4) is 0 Å². The van der Waals surface area contributed by atoms with Crippen LogP contribution >= 0.6 is 0 Å². The lowest BCUT2D eigenvalue weighted by Crippen LogP contribution is -1.89. The third-order valence-corrected chi connectivity index (χ3v) is 3.48.